The second-order valence-corrected chi connectivity index (χ2v) is 3.89. The molecule has 2 rings (SSSR count). The van der Waals surface area contributed by atoms with Gasteiger partial charge in [0, 0.05) is 11.9 Å². The van der Waals surface area contributed by atoms with Crippen LogP contribution in [0.2, 0.25) is 0 Å². The molecule has 0 fully saturated rings. The number of nitrogens with zero attached hydrogens (tertiary/aromatic N) is 1. The number of hydrogen-bond donors (Lipinski definition) is 1. The van der Waals surface area contributed by atoms with Crippen LogP contribution < -0.4 is 5.32 Å². The first-order valence-electron chi connectivity index (χ1n) is 4.43. The quantitative estimate of drug-likeness (QED) is 0.841. The Kier molecular flexibility index (Phi) is 2.65. The second-order valence-electron chi connectivity index (χ2n) is 3.14. The van der Waals surface area contributed by atoms with E-state index in [-0.39, 0.29) is 0 Å². The maximum absolute atomic E-state index is 5.40. The molecule has 0 aromatic carbocycles. The van der Waals surface area contributed by atoms with Gasteiger partial charge in [0.1, 0.15) is 6.26 Å². The summed E-state index contributed by atoms with van der Waals surface area (Å²) < 4.78 is 5.40. The van der Waals surface area contributed by atoms with E-state index in [1.54, 1.807) is 17.6 Å². The fourth-order valence-electron chi connectivity index (χ4n) is 1.27. The van der Waals surface area contributed by atoms with Crippen molar-refractivity contribution in [3.63, 3.8) is 0 Å². The zero-order valence-corrected chi connectivity index (χ0v) is 9.02. The van der Waals surface area contributed by atoms with Crippen LogP contribution in [-0.2, 0) is 6.54 Å². The summed E-state index contributed by atoms with van der Waals surface area (Å²) >= 11 is 1.67. The average molecular weight is 208 g/mol. The summed E-state index contributed by atoms with van der Waals surface area (Å²) in [6.45, 7) is 2.81. The molecule has 0 spiro atoms. The Labute approximate surface area is 86.8 Å². The fourth-order valence-corrected chi connectivity index (χ4v) is 2.09. The van der Waals surface area contributed by atoms with Crippen LogP contribution in [0, 0.1) is 6.92 Å². The first kappa shape index (κ1) is 9.43. The molecule has 2 heterocycles. The highest BCUT2D eigenvalue weighted by molar-refractivity contribution is 7.08. The van der Waals surface area contributed by atoms with Crippen LogP contribution in [0.1, 0.15) is 11.3 Å². The van der Waals surface area contributed by atoms with Gasteiger partial charge in [0.2, 0.25) is 5.89 Å². The Morgan fingerprint density at radius 3 is 3.00 bits per heavy atom. The van der Waals surface area contributed by atoms with Gasteiger partial charge < -0.3 is 9.73 Å². The van der Waals surface area contributed by atoms with Gasteiger partial charge in [-0.15, -0.1) is 0 Å². The SMILES string of the molecule is CNCc1coc(-c2cscc2C)n1. The first-order valence-corrected chi connectivity index (χ1v) is 5.37. The lowest BCUT2D eigenvalue weighted by Crippen LogP contribution is -2.04. The summed E-state index contributed by atoms with van der Waals surface area (Å²) in [7, 11) is 1.89. The minimum atomic E-state index is 0.717. The Hall–Kier alpha value is -1.13. The Balaban J connectivity index is 2.29. The molecule has 0 bridgehead atoms. The molecule has 1 N–H and O–H groups in total. The van der Waals surface area contributed by atoms with Gasteiger partial charge in [-0.2, -0.15) is 11.3 Å². The highest BCUT2D eigenvalue weighted by Crippen LogP contribution is 2.25. The van der Waals surface area contributed by atoms with Gasteiger partial charge in [-0.05, 0) is 24.9 Å². The minimum Gasteiger partial charge on any atom is -0.444 e. The third-order valence-electron chi connectivity index (χ3n) is 2.00. The summed E-state index contributed by atoms with van der Waals surface area (Å²) in [5.41, 5.74) is 3.25. The number of aryl methyl sites for hydroxylation is 1. The fraction of sp³-hybridized carbons (Fsp3) is 0.300. The third kappa shape index (κ3) is 1.71. The highest BCUT2D eigenvalue weighted by atomic mass is 32.1. The van der Waals surface area contributed by atoms with Crippen LogP contribution in [0.4, 0.5) is 0 Å². The molecule has 0 saturated carbocycles. The number of nitrogens with one attached hydrogen (secondary N) is 1. The number of aromatic nitrogens is 1. The van der Waals surface area contributed by atoms with Crippen molar-refractivity contribution >= 4 is 11.3 Å². The third-order valence-corrected chi connectivity index (χ3v) is 2.86. The van der Waals surface area contributed by atoms with Gasteiger partial charge in [0.05, 0.1) is 11.3 Å². The Morgan fingerprint density at radius 2 is 2.36 bits per heavy atom. The molecule has 0 aliphatic rings. The largest absolute Gasteiger partial charge is 0.444 e. The Morgan fingerprint density at radius 1 is 1.50 bits per heavy atom. The van der Waals surface area contributed by atoms with Gasteiger partial charge in [0.25, 0.3) is 0 Å². The molecular formula is C10H12N2OS. The predicted octanol–water partition coefficient (Wildman–Crippen LogP) is 2.43. The molecule has 3 nitrogen and oxygen atoms in total. The number of oxazole rings is 1. The number of rotatable bonds is 3. The smallest absolute Gasteiger partial charge is 0.227 e. The lowest BCUT2D eigenvalue weighted by molar-refractivity contribution is 0.571. The second kappa shape index (κ2) is 3.94. The van der Waals surface area contributed by atoms with Crippen LogP contribution >= 0.6 is 11.3 Å². The van der Waals surface area contributed by atoms with Crippen molar-refractivity contribution in [3.05, 3.63) is 28.3 Å². The van der Waals surface area contributed by atoms with Gasteiger partial charge in [-0.3, -0.25) is 0 Å². The lowest BCUT2D eigenvalue weighted by Gasteiger charge is -1.91. The number of hydrogen-bond acceptors (Lipinski definition) is 4. The highest BCUT2D eigenvalue weighted by Gasteiger charge is 2.09. The van der Waals surface area contributed by atoms with Gasteiger partial charge in [-0.1, -0.05) is 0 Å². The lowest BCUT2D eigenvalue weighted by atomic mass is 10.2. The van der Waals surface area contributed by atoms with Crippen LogP contribution in [0.15, 0.2) is 21.4 Å². The van der Waals surface area contributed by atoms with Gasteiger partial charge in [0.15, 0.2) is 0 Å². The molecule has 0 saturated heterocycles. The van der Waals surface area contributed by atoms with Crippen molar-refractivity contribution in [2.45, 2.75) is 13.5 Å². The van der Waals surface area contributed by atoms with Gasteiger partial charge >= 0.3 is 0 Å². The van der Waals surface area contributed by atoms with Crippen molar-refractivity contribution in [3.8, 4) is 11.5 Å². The van der Waals surface area contributed by atoms with E-state index in [2.05, 4.69) is 28.0 Å². The molecule has 74 valence electrons. The zero-order valence-electron chi connectivity index (χ0n) is 8.20. The maximum atomic E-state index is 5.40. The van der Waals surface area contributed by atoms with Crippen LogP contribution in [0.3, 0.4) is 0 Å². The molecular weight excluding hydrogens is 196 g/mol. The molecule has 2 aromatic rings. The minimum absolute atomic E-state index is 0.717. The molecule has 0 unspecified atom stereocenters. The van der Waals surface area contributed by atoms with Crippen molar-refractivity contribution in [2.75, 3.05) is 7.05 Å². The zero-order chi connectivity index (χ0) is 9.97. The summed E-state index contributed by atoms with van der Waals surface area (Å²) in [6.07, 6.45) is 1.70. The van der Waals surface area contributed by atoms with Crippen LogP contribution in [0.25, 0.3) is 11.5 Å². The average Bonchev–Trinajstić information content (AvgIpc) is 2.74. The van der Waals surface area contributed by atoms with Crippen molar-refractivity contribution in [1.82, 2.24) is 10.3 Å². The molecule has 0 radical (unpaired) electrons. The van der Waals surface area contributed by atoms with E-state index in [0.29, 0.717) is 5.89 Å². The van der Waals surface area contributed by atoms with E-state index >= 15 is 0 Å². The summed E-state index contributed by atoms with van der Waals surface area (Å²) in [4.78, 5) is 4.38. The molecule has 0 aliphatic carbocycles. The Bertz CT molecular complexity index is 419. The van der Waals surface area contributed by atoms with Crippen LogP contribution in [-0.4, -0.2) is 12.0 Å². The number of thiophene rings is 1. The normalized spacial score (nSPS) is 10.7. The van der Waals surface area contributed by atoms with E-state index in [4.69, 9.17) is 4.42 Å². The van der Waals surface area contributed by atoms with Gasteiger partial charge in [-0.25, -0.2) is 4.98 Å². The van der Waals surface area contributed by atoms with E-state index in [1.165, 1.54) is 5.56 Å². The monoisotopic (exact) mass is 208 g/mol. The van der Waals surface area contributed by atoms with E-state index in [0.717, 1.165) is 17.8 Å². The van der Waals surface area contributed by atoms with Crippen LogP contribution in [0.5, 0.6) is 0 Å². The van der Waals surface area contributed by atoms with E-state index in [1.807, 2.05) is 7.05 Å². The molecule has 0 atom stereocenters. The predicted molar refractivity (Wildman–Crippen MR) is 57.3 cm³/mol. The molecule has 2 aromatic heterocycles. The molecule has 14 heavy (non-hydrogen) atoms. The molecule has 4 heteroatoms. The standard InChI is InChI=1S/C10H12N2OS/c1-7-5-14-6-9(7)10-12-8(3-11-2)4-13-10/h4-6,11H,3H2,1-2H3. The molecule has 0 amide bonds. The van der Waals surface area contributed by atoms with Crippen molar-refractivity contribution in [1.29, 1.82) is 0 Å². The summed E-state index contributed by atoms with van der Waals surface area (Å²) in [5, 5.41) is 7.19. The summed E-state index contributed by atoms with van der Waals surface area (Å²) in [6, 6.07) is 0. The van der Waals surface area contributed by atoms with E-state index in [9.17, 15) is 0 Å². The van der Waals surface area contributed by atoms with E-state index < -0.39 is 0 Å². The topological polar surface area (TPSA) is 38.1 Å². The maximum Gasteiger partial charge on any atom is 0.227 e. The summed E-state index contributed by atoms with van der Waals surface area (Å²) in [5.74, 6) is 0.717. The van der Waals surface area contributed by atoms with Crippen molar-refractivity contribution in [2.24, 2.45) is 0 Å². The first-order chi connectivity index (χ1) is 6.81. The van der Waals surface area contributed by atoms with Crippen molar-refractivity contribution < 1.29 is 4.42 Å². The molecule has 0 aliphatic heterocycles.